The maximum atomic E-state index is 5.47. The number of benzene rings is 1. The summed E-state index contributed by atoms with van der Waals surface area (Å²) in [5.41, 5.74) is 1.41. The molecule has 1 aliphatic rings. The molecule has 1 aromatic carbocycles. The van der Waals surface area contributed by atoms with E-state index >= 15 is 0 Å². The molecule has 23 heavy (non-hydrogen) atoms. The number of thiocarbonyl (C=S) groups is 1. The van der Waals surface area contributed by atoms with Gasteiger partial charge in [-0.25, -0.2) is 0 Å². The summed E-state index contributed by atoms with van der Waals surface area (Å²) >= 11 is 5.47. The third kappa shape index (κ3) is 5.66. The molecule has 4 nitrogen and oxygen atoms in total. The highest BCUT2D eigenvalue weighted by molar-refractivity contribution is 7.80. The van der Waals surface area contributed by atoms with Crippen molar-refractivity contribution in [2.45, 2.75) is 64.2 Å². The van der Waals surface area contributed by atoms with Crippen LogP contribution in [-0.2, 0) is 6.54 Å². The Hall–Kier alpha value is -1.33. The number of methoxy groups -OCH3 is 1. The largest absolute Gasteiger partial charge is 0.497 e. The number of ether oxygens (including phenoxy) is 1. The molecule has 1 aromatic rings. The van der Waals surface area contributed by atoms with Crippen LogP contribution in [0.15, 0.2) is 24.3 Å². The fourth-order valence-electron chi connectivity index (χ4n) is 3.59. The molecule has 128 valence electrons. The summed E-state index contributed by atoms with van der Waals surface area (Å²) in [6, 6.07) is 8.41. The van der Waals surface area contributed by atoms with Crippen molar-refractivity contribution in [3.05, 3.63) is 29.8 Å². The summed E-state index contributed by atoms with van der Waals surface area (Å²) < 4.78 is 5.17. The highest BCUT2D eigenvalue weighted by Crippen LogP contribution is 2.28. The van der Waals surface area contributed by atoms with E-state index in [0.29, 0.717) is 12.6 Å². The minimum absolute atomic E-state index is 0.116. The molecule has 0 unspecified atom stereocenters. The predicted molar refractivity (Wildman–Crippen MR) is 99.9 cm³/mol. The first-order valence-electron chi connectivity index (χ1n) is 8.16. The van der Waals surface area contributed by atoms with Gasteiger partial charge in [0.15, 0.2) is 5.11 Å². The van der Waals surface area contributed by atoms with Gasteiger partial charge in [0.05, 0.1) is 7.11 Å². The summed E-state index contributed by atoms with van der Waals surface area (Å²) in [6.07, 6.45) is 2.11. The van der Waals surface area contributed by atoms with Gasteiger partial charge in [-0.3, -0.25) is 0 Å². The molecular formula is C18H29N3OS. The summed E-state index contributed by atoms with van der Waals surface area (Å²) in [5.74, 6) is 0.869. The standard InChI is InChI=1S/C18H29N3OS/c1-17(2)10-14(11-18(3,4)21-17)20-16(23)19-12-13-6-8-15(22-5)9-7-13/h6-9,14,21H,10-12H2,1-5H3,(H2,19,20,23). The molecule has 0 saturated carbocycles. The van der Waals surface area contributed by atoms with E-state index in [1.54, 1.807) is 7.11 Å². The topological polar surface area (TPSA) is 45.3 Å². The molecule has 0 aliphatic carbocycles. The number of piperidine rings is 1. The van der Waals surface area contributed by atoms with Crippen LogP contribution < -0.4 is 20.7 Å². The van der Waals surface area contributed by atoms with Gasteiger partial charge >= 0.3 is 0 Å². The summed E-state index contributed by atoms with van der Waals surface area (Å²) in [6.45, 7) is 9.70. The third-order valence-corrected chi connectivity index (χ3v) is 4.40. The van der Waals surface area contributed by atoms with Gasteiger partial charge in [0, 0.05) is 23.7 Å². The van der Waals surface area contributed by atoms with E-state index in [1.807, 2.05) is 24.3 Å². The van der Waals surface area contributed by atoms with Gasteiger partial charge < -0.3 is 20.7 Å². The molecular weight excluding hydrogens is 306 g/mol. The van der Waals surface area contributed by atoms with E-state index in [0.717, 1.165) is 23.7 Å². The van der Waals surface area contributed by atoms with Crippen molar-refractivity contribution in [2.75, 3.05) is 7.11 Å². The van der Waals surface area contributed by atoms with Gasteiger partial charge in [-0.1, -0.05) is 12.1 Å². The van der Waals surface area contributed by atoms with E-state index < -0.39 is 0 Å². The lowest BCUT2D eigenvalue weighted by atomic mass is 9.80. The molecule has 1 saturated heterocycles. The second-order valence-electron chi connectivity index (χ2n) is 7.67. The molecule has 1 fully saturated rings. The van der Waals surface area contributed by atoms with Gasteiger partial charge in [-0.15, -0.1) is 0 Å². The summed E-state index contributed by atoms with van der Waals surface area (Å²) in [7, 11) is 1.67. The molecule has 3 N–H and O–H groups in total. The molecule has 0 aromatic heterocycles. The minimum atomic E-state index is 0.116. The molecule has 1 aliphatic heterocycles. The first kappa shape index (κ1) is 18.0. The van der Waals surface area contributed by atoms with Crippen LogP contribution in [0.2, 0.25) is 0 Å². The fourth-order valence-corrected chi connectivity index (χ4v) is 3.83. The SMILES string of the molecule is COc1ccc(CNC(=S)NC2CC(C)(C)NC(C)(C)C2)cc1. The van der Waals surface area contributed by atoms with Crippen molar-refractivity contribution in [3.8, 4) is 5.75 Å². The van der Waals surface area contributed by atoms with Crippen LogP contribution in [0.25, 0.3) is 0 Å². The Morgan fingerprint density at radius 3 is 2.26 bits per heavy atom. The summed E-state index contributed by atoms with van der Waals surface area (Å²) in [4.78, 5) is 0. The van der Waals surface area contributed by atoms with Crippen LogP contribution in [-0.4, -0.2) is 29.3 Å². The van der Waals surface area contributed by atoms with Crippen molar-refractivity contribution >= 4 is 17.3 Å². The lowest BCUT2D eigenvalue weighted by Gasteiger charge is -2.46. The lowest BCUT2D eigenvalue weighted by molar-refractivity contribution is 0.155. The Balaban J connectivity index is 1.84. The second-order valence-corrected chi connectivity index (χ2v) is 8.08. The Bertz CT molecular complexity index is 524. The number of hydrogen-bond donors (Lipinski definition) is 3. The van der Waals surface area contributed by atoms with Gasteiger partial charge in [0.25, 0.3) is 0 Å². The molecule has 0 radical (unpaired) electrons. The molecule has 0 bridgehead atoms. The smallest absolute Gasteiger partial charge is 0.166 e. The van der Waals surface area contributed by atoms with Crippen LogP contribution >= 0.6 is 12.2 Å². The number of nitrogens with one attached hydrogen (secondary N) is 3. The minimum Gasteiger partial charge on any atom is -0.497 e. The van der Waals surface area contributed by atoms with Gasteiger partial charge in [-0.2, -0.15) is 0 Å². The van der Waals surface area contributed by atoms with Crippen LogP contribution in [0, 0.1) is 0 Å². The van der Waals surface area contributed by atoms with Gasteiger partial charge in [0.2, 0.25) is 0 Å². The highest BCUT2D eigenvalue weighted by Gasteiger charge is 2.37. The average Bonchev–Trinajstić information content (AvgIpc) is 2.42. The zero-order valence-electron chi connectivity index (χ0n) is 14.8. The summed E-state index contributed by atoms with van der Waals surface area (Å²) in [5, 5.41) is 11.2. The normalized spacial score (nSPS) is 19.9. The number of hydrogen-bond acceptors (Lipinski definition) is 3. The quantitative estimate of drug-likeness (QED) is 0.739. The zero-order valence-corrected chi connectivity index (χ0v) is 15.6. The Labute approximate surface area is 145 Å². The fraction of sp³-hybridized carbons (Fsp3) is 0.611. The van der Waals surface area contributed by atoms with Crippen molar-refractivity contribution < 1.29 is 4.74 Å². The second kappa shape index (κ2) is 7.05. The molecule has 0 atom stereocenters. The molecule has 2 rings (SSSR count). The van der Waals surface area contributed by atoms with Crippen molar-refractivity contribution in [2.24, 2.45) is 0 Å². The van der Waals surface area contributed by atoms with Crippen LogP contribution in [0.5, 0.6) is 5.75 Å². The average molecular weight is 336 g/mol. The molecule has 1 heterocycles. The Morgan fingerprint density at radius 2 is 1.74 bits per heavy atom. The molecule has 0 amide bonds. The lowest BCUT2D eigenvalue weighted by Crippen LogP contribution is -2.62. The van der Waals surface area contributed by atoms with E-state index in [9.17, 15) is 0 Å². The van der Waals surface area contributed by atoms with Gasteiger partial charge in [-0.05, 0) is 70.5 Å². The van der Waals surface area contributed by atoms with E-state index in [1.165, 1.54) is 5.56 Å². The first-order chi connectivity index (χ1) is 10.7. The van der Waals surface area contributed by atoms with Crippen molar-refractivity contribution in [1.29, 1.82) is 0 Å². The van der Waals surface area contributed by atoms with E-state index in [4.69, 9.17) is 17.0 Å². The van der Waals surface area contributed by atoms with Crippen LogP contribution in [0.1, 0.15) is 46.1 Å². The molecule has 5 heteroatoms. The monoisotopic (exact) mass is 335 g/mol. The van der Waals surface area contributed by atoms with E-state index in [2.05, 4.69) is 43.6 Å². The zero-order chi connectivity index (χ0) is 17.1. The third-order valence-electron chi connectivity index (χ3n) is 4.14. The van der Waals surface area contributed by atoms with Gasteiger partial charge in [0.1, 0.15) is 5.75 Å². The number of rotatable bonds is 4. The van der Waals surface area contributed by atoms with Crippen LogP contribution in [0.4, 0.5) is 0 Å². The van der Waals surface area contributed by atoms with Crippen molar-refractivity contribution in [3.63, 3.8) is 0 Å². The maximum absolute atomic E-state index is 5.47. The van der Waals surface area contributed by atoms with Crippen molar-refractivity contribution in [1.82, 2.24) is 16.0 Å². The Kier molecular flexibility index (Phi) is 5.53. The van der Waals surface area contributed by atoms with E-state index in [-0.39, 0.29) is 11.1 Å². The maximum Gasteiger partial charge on any atom is 0.166 e. The molecule has 0 spiro atoms. The highest BCUT2D eigenvalue weighted by atomic mass is 32.1. The predicted octanol–water partition coefficient (Wildman–Crippen LogP) is 2.97. The van der Waals surface area contributed by atoms with Crippen LogP contribution in [0.3, 0.4) is 0 Å². The first-order valence-corrected chi connectivity index (χ1v) is 8.57. The Morgan fingerprint density at radius 1 is 1.17 bits per heavy atom.